The van der Waals surface area contributed by atoms with Crippen molar-refractivity contribution in [2.45, 2.75) is 65.3 Å². The zero-order chi connectivity index (χ0) is 52.4. The average Bonchev–Trinajstić information content (AvgIpc) is 4.08. The molecule has 2 fully saturated rings. The minimum atomic E-state index is -1.02. The number of nitrogens with zero attached hydrogens (tertiary/aromatic N) is 11. The number of nitrogens with one attached hydrogen (secondary N) is 3. The number of carbonyl (C=O) groups excluding carboxylic acids is 4. The molecule has 3 aliphatic heterocycles. The van der Waals surface area contributed by atoms with Crippen molar-refractivity contribution in [3.8, 4) is 11.3 Å². The summed E-state index contributed by atoms with van der Waals surface area (Å²) in [5.74, 6) is -2.11. The number of hydrogen-bond acceptors (Lipinski definition) is 18. The number of ether oxygens (including phenoxy) is 4. The summed E-state index contributed by atoms with van der Waals surface area (Å²) in [6.45, 7) is 14.9. The van der Waals surface area contributed by atoms with Crippen LogP contribution in [0, 0.1) is 18.6 Å². The van der Waals surface area contributed by atoms with E-state index in [0.29, 0.717) is 95.3 Å². The van der Waals surface area contributed by atoms with E-state index in [1.165, 1.54) is 6.07 Å². The van der Waals surface area contributed by atoms with E-state index in [4.69, 9.17) is 18.9 Å². The van der Waals surface area contributed by atoms with Gasteiger partial charge in [-0.1, -0.05) is 17.3 Å². The molecule has 0 radical (unpaired) electrons. The first-order valence-corrected chi connectivity index (χ1v) is 25.1. The van der Waals surface area contributed by atoms with Crippen molar-refractivity contribution in [3.05, 3.63) is 101 Å². The Morgan fingerprint density at radius 2 is 1.52 bits per heavy atom. The third-order valence-corrected chi connectivity index (χ3v) is 13.0. The minimum absolute atomic E-state index is 0.0278. The van der Waals surface area contributed by atoms with Crippen LogP contribution < -0.4 is 16.0 Å². The Hall–Kier alpha value is -7.22. The molecule has 22 nitrogen and oxygen atoms in total. The summed E-state index contributed by atoms with van der Waals surface area (Å²) < 4.78 is 56.5. The molecule has 0 aliphatic carbocycles. The van der Waals surface area contributed by atoms with Gasteiger partial charge in [-0.05, 0) is 63.1 Å². The Kier molecular flexibility index (Phi) is 17.1. The molecule has 7 heterocycles. The maximum atomic E-state index is 15.2. The summed E-state index contributed by atoms with van der Waals surface area (Å²) in [7, 11) is 0. The van der Waals surface area contributed by atoms with Crippen LogP contribution in [0.1, 0.15) is 70.5 Å². The van der Waals surface area contributed by atoms with E-state index in [-0.39, 0.29) is 52.7 Å². The first kappa shape index (κ1) is 52.6. The van der Waals surface area contributed by atoms with Gasteiger partial charge < -0.3 is 34.1 Å². The maximum Gasteiger partial charge on any atom is 0.264 e. The molecular formula is C51H60F2N14O8. The molecule has 75 heavy (non-hydrogen) atoms. The molecule has 0 bridgehead atoms. The number of aromatic nitrogens is 8. The molecule has 3 N–H and O–H groups in total. The van der Waals surface area contributed by atoms with Gasteiger partial charge in [0.1, 0.15) is 28.9 Å². The van der Waals surface area contributed by atoms with Crippen molar-refractivity contribution < 1.29 is 46.9 Å². The molecule has 1 unspecified atom stereocenters. The van der Waals surface area contributed by atoms with Gasteiger partial charge in [-0.2, -0.15) is 0 Å². The number of pyridine rings is 1. The van der Waals surface area contributed by atoms with Crippen molar-refractivity contribution in [2.75, 3.05) is 96.2 Å². The quantitative estimate of drug-likeness (QED) is 0.0536. The molecule has 4 aromatic heterocycles. The predicted molar refractivity (Wildman–Crippen MR) is 269 cm³/mol. The molecule has 2 saturated heterocycles. The van der Waals surface area contributed by atoms with Crippen LogP contribution >= 0.6 is 0 Å². The van der Waals surface area contributed by atoms with Crippen molar-refractivity contribution in [1.29, 1.82) is 0 Å². The number of piperazine rings is 1. The van der Waals surface area contributed by atoms with E-state index in [1.807, 2.05) is 43.7 Å². The number of imide groups is 2. The van der Waals surface area contributed by atoms with Crippen LogP contribution in [0.2, 0.25) is 0 Å². The second-order valence-electron chi connectivity index (χ2n) is 18.6. The van der Waals surface area contributed by atoms with E-state index >= 15 is 8.78 Å². The fourth-order valence-corrected chi connectivity index (χ4v) is 9.35. The summed E-state index contributed by atoms with van der Waals surface area (Å²) >= 11 is 0. The number of rotatable bonds is 25. The number of halogens is 2. The number of benzene rings is 2. The van der Waals surface area contributed by atoms with E-state index in [9.17, 15) is 19.2 Å². The zero-order valence-electron chi connectivity index (χ0n) is 42.1. The van der Waals surface area contributed by atoms with Gasteiger partial charge in [-0.15, -0.1) is 5.10 Å². The van der Waals surface area contributed by atoms with E-state index in [1.54, 1.807) is 35.1 Å². The highest BCUT2D eigenvalue weighted by atomic mass is 19.1. The van der Waals surface area contributed by atoms with Gasteiger partial charge in [0.05, 0.1) is 87.9 Å². The van der Waals surface area contributed by atoms with Gasteiger partial charge >= 0.3 is 0 Å². The normalized spacial score (nSPS) is 16.4. The van der Waals surface area contributed by atoms with Crippen LogP contribution in [0.5, 0.6) is 0 Å². The Labute approximate surface area is 431 Å². The molecule has 4 amide bonds. The number of carbonyl (C=O) groups is 4. The number of imidazole rings is 1. The molecule has 24 heteroatoms. The summed E-state index contributed by atoms with van der Waals surface area (Å²) in [5.41, 5.74) is 3.89. The molecule has 396 valence electrons. The first-order chi connectivity index (χ1) is 36.4. The van der Waals surface area contributed by atoms with Gasteiger partial charge in [0.25, 0.3) is 11.8 Å². The minimum Gasteiger partial charge on any atom is -0.382 e. The smallest absolute Gasteiger partial charge is 0.264 e. The third-order valence-electron chi connectivity index (χ3n) is 13.0. The molecule has 9 rings (SSSR count). The lowest BCUT2D eigenvalue weighted by atomic mass is 10.0. The van der Waals surface area contributed by atoms with Crippen LogP contribution in [0.4, 0.5) is 26.2 Å². The second-order valence-corrected chi connectivity index (χ2v) is 18.6. The Morgan fingerprint density at radius 3 is 2.23 bits per heavy atom. The highest BCUT2D eigenvalue weighted by Crippen LogP contribution is 2.33. The molecular weight excluding hydrogens is 975 g/mol. The van der Waals surface area contributed by atoms with Crippen LogP contribution in [0.15, 0.2) is 61.1 Å². The van der Waals surface area contributed by atoms with Crippen LogP contribution in [-0.4, -0.2) is 169 Å². The Morgan fingerprint density at radius 1 is 0.800 bits per heavy atom. The number of hydrogen-bond donors (Lipinski definition) is 3. The third kappa shape index (κ3) is 12.8. The number of piperidine rings is 1. The van der Waals surface area contributed by atoms with Gasteiger partial charge in [0.15, 0.2) is 11.6 Å². The number of anilines is 3. The number of fused-ring (bicyclic) bond motifs is 2. The van der Waals surface area contributed by atoms with Gasteiger partial charge in [-0.25, -0.2) is 33.4 Å². The zero-order valence-corrected chi connectivity index (χ0v) is 42.1. The summed E-state index contributed by atoms with van der Waals surface area (Å²) in [6, 6.07) is 10.7. The van der Waals surface area contributed by atoms with Crippen molar-refractivity contribution >= 4 is 52.1 Å². The molecule has 1 atom stereocenters. The molecule has 2 aromatic carbocycles. The van der Waals surface area contributed by atoms with E-state index in [2.05, 4.69) is 56.0 Å². The van der Waals surface area contributed by atoms with Gasteiger partial charge in [0.2, 0.25) is 17.8 Å². The van der Waals surface area contributed by atoms with E-state index < -0.39 is 41.3 Å². The maximum absolute atomic E-state index is 15.2. The van der Waals surface area contributed by atoms with E-state index in [0.717, 1.165) is 55.1 Å². The summed E-state index contributed by atoms with van der Waals surface area (Å²) in [6.07, 6.45) is 4.97. The van der Waals surface area contributed by atoms with Crippen molar-refractivity contribution in [1.82, 2.24) is 59.5 Å². The number of amides is 4. The highest BCUT2D eigenvalue weighted by molar-refractivity contribution is 6.25. The topological polar surface area (TPSA) is 238 Å². The Bertz CT molecular complexity index is 3000. The first-order valence-electron chi connectivity index (χ1n) is 25.1. The monoisotopic (exact) mass is 1030 g/mol. The highest BCUT2D eigenvalue weighted by Gasteiger charge is 2.45. The fraction of sp³-hybridized carbons (Fsp3) is 0.451. The van der Waals surface area contributed by atoms with Gasteiger partial charge in [-0.3, -0.25) is 39.2 Å². The largest absolute Gasteiger partial charge is 0.382 e. The summed E-state index contributed by atoms with van der Waals surface area (Å²) in [5, 5.41) is 17.0. The molecule has 6 aromatic rings. The number of aryl methyl sites for hydroxylation is 1. The van der Waals surface area contributed by atoms with Crippen molar-refractivity contribution in [2.24, 2.45) is 0 Å². The van der Waals surface area contributed by atoms with Crippen molar-refractivity contribution in [3.63, 3.8) is 0 Å². The van der Waals surface area contributed by atoms with Crippen LogP contribution in [-0.2, 0) is 48.2 Å². The fourth-order valence-electron chi connectivity index (χ4n) is 9.35. The Balaban J connectivity index is 0.594. The standard InChI is InChI=1S/C51H60F2N14O8/c1-32(2)66-33(3)57-47-38(52)25-35(26-42(47)66)46-39(53)28-56-51(60-46)58-43-9-7-34(27-55-43)29-63-12-14-64(15-13-63)30-36-31-65(62-61-36)16-18-73-20-22-75-24-23-74-21-19-72-17-11-54-40-6-4-5-37-45(40)50(71)67(49(37)70)41-8-10-44(68)59-48(41)69/h4-7,9,25-28,31-32,41,54H,8,10-24,29-30H2,1-3H3,(H,59,68,69)(H,55,56,58,60). The lowest BCUT2D eigenvalue weighted by Crippen LogP contribution is -2.54. The molecule has 0 saturated carbocycles. The lowest BCUT2D eigenvalue weighted by molar-refractivity contribution is -0.136. The second kappa shape index (κ2) is 24.4. The van der Waals surface area contributed by atoms with Crippen LogP contribution in [0.25, 0.3) is 22.3 Å². The summed E-state index contributed by atoms with van der Waals surface area (Å²) in [4.78, 5) is 73.3. The average molecular weight is 1040 g/mol. The lowest BCUT2D eigenvalue weighted by Gasteiger charge is -2.34. The van der Waals surface area contributed by atoms with Gasteiger partial charge in [0, 0.05) is 81.9 Å². The SMILES string of the molecule is Cc1nc2c(F)cc(-c3nc(Nc4ccc(CN5CCN(Cc6cn(CCOCCOCCOCCOCCNc7cccc8c7C(=O)N(C7CCC(=O)NC7=O)C8=O)nn6)CC5)cn4)ncc3F)cc2n1C(C)C. The molecule has 3 aliphatic rings. The predicted octanol–water partition coefficient (Wildman–Crippen LogP) is 4.29. The molecule has 0 spiro atoms. The van der Waals surface area contributed by atoms with Crippen LogP contribution in [0.3, 0.4) is 0 Å².